The Bertz CT molecular complexity index is 425. The standard InChI is InChI=1S/C13H17ClN2O2/c1-18-12-8-15-7-11(12)16-13(17)6-9-4-2-3-5-10(9)14/h2-5,11-12,15H,6-8H2,1H3,(H,16,17)/t11?,12-/m1/s1. The molecule has 0 aromatic heterocycles. The van der Waals surface area contributed by atoms with E-state index in [9.17, 15) is 4.79 Å². The fourth-order valence-corrected chi connectivity index (χ4v) is 2.32. The Hall–Kier alpha value is -1.10. The number of benzene rings is 1. The molecule has 1 unspecified atom stereocenters. The zero-order valence-electron chi connectivity index (χ0n) is 10.3. The molecule has 1 aliphatic heterocycles. The van der Waals surface area contributed by atoms with Crippen molar-refractivity contribution < 1.29 is 9.53 Å². The van der Waals surface area contributed by atoms with Crippen molar-refractivity contribution in [3.05, 3.63) is 34.9 Å². The third kappa shape index (κ3) is 3.22. The summed E-state index contributed by atoms with van der Waals surface area (Å²) in [6, 6.07) is 7.42. The van der Waals surface area contributed by atoms with Gasteiger partial charge in [0.25, 0.3) is 0 Å². The molecule has 0 aliphatic carbocycles. The second-order valence-corrected chi connectivity index (χ2v) is 4.78. The van der Waals surface area contributed by atoms with Crippen LogP contribution < -0.4 is 10.6 Å². The van der Waals surface area contributed by atoms with Gasteiger partial charge in [-0.2, -0.15) is 0 Å². The van der Waals surface area contributed by atoms with Crippen LogP contribution in [0.3, 0.4) is 0 Å². The van der Waals surface area contributed by atoms with Crippen molar-refractivity contribution in [1.82, 2.24) is 10.6 Å². The molecule has 2 rings (SSSR count). The smallest absolute Gasteiger partial charge is 0.224 e. The molecule has 2 atom stereocenters. The first-order chi connectivity index (χ1) is 8.70. The van der Waals surface area contributed by atoms with E-state index in [4.69, 9.17) is 16.3 Å². The van der Waals surface area contributed by atoms with Crippen molar-refractivity contribution in [2.45, 2.75) is 18.6 Å². The Labute approximate surface area is 112 Å². The quantitative estimate of drug-likeness (QED) is 0.856. The maximum Gasteiger partial charge on any atom is 0.224 e. The van der Waals surface area contributed by atoms with E-state index in [0.717, 1.165) is 18.7 Å². The summed E-state index contributed by atoms with van der Waals surface area (Å²) in [5.41, 5.74) is 0.844. The first kappa shape index (κ1) is 13.3. The highest BCUT2D eigenvalue weighted by Gasteiger charge is 2.28. The highest BCUT2D eigenvalue weighted by molar-refractivity contribution is 6.31. The molecular formula is C13H17ClN2O2. The summed E-state index contributed by atoms with van der Waals surface area (Å²) in [5, 5.41) is 6.78. The van der Waals surface area contributed by atoms with Crippen LogP contribution in [0.15, 0.2) is 24.3 Å². The second kappa shape index (κ2) is 6.18. The van der Waals surface area contributed by atoms with Gasteiger partial charge < -0.3 is 15.4 Å². The molecule has 1 fully saturated rings. The minimum Gasteiger partial charge on any atom is -0.378 e. The molecule has 0 spiro atoms. The molecule has 1 aromatic carbocycles. The largest absolute Gasteiger partial charge is 0.378 e. The number of nitrogens with one attached hydrogen (secondary N) is 2. The van der Waals surface area contributed by atoms with E-state index in [2.05, 4.69) is 10.6 Å². The van der Waals surface area contributed by atoms with Gasteiger partial charge in [0.2, 0.25) is 5.91 Å². The SMILES string of the molecule is CO[C@@H]1CNCC1NC(=O)Cc1ccccc1Cl. The summed E-state index contributed by atoms with van der Waals surface area (Å²) in [6.07, 6.45) is 0.340. The molecule has 2 N–H and O–H groups in total. The van der Waals surface area contributed by atoms with Gasteiger partial charge in [0.1, 0.15) is 0 Å². The van der Waals surface area contributed by atoms with E-state index in [1.54, 1.807) is 13.2 Å². The predicted octanol–water partition coefficient (Wildman–Crippen LogP) is 0.986. The third-order valence-corrected chi connectivity index (χ3v) is 3.49. The van der Waals surface area contributed by atoms with Gasteiger partial charge in [0, 0.05) is 25.2 Å². The molecule has 5 heteroatoms. The average Bonchev–Trinajstić information content (AvgIpc) is 2.79. The Morgan fingerprint density at radius 3 is 3.00 bits per heavy atom. The van der Waals surface area contributed by atoms with Crippen molar-refractivity contribution in [2.24, 2.45) is 0 Å². The van der Waals surface area contributed by atoms with Crippen molar-refractivity contribution in [1.29, 1.82) is 0 Å². The van der Waals surface area contributed by atoms with E-state index in [1.165, 1.54) is 0 Å². The molecule has 1 saturated heterocycles. The Kier molecular flexibility index (Phi) is 4.58. The van der Waals surface area contributed by atoms with Crippen LogP contribution in [-0.2, 0) is 16.0 Å². The molecule has 1 heterocycles. The third-order valence-electron chi connectivity index (χ3n) is 3.12. The minimum absolute atomic E-state index is 0.0288. The number of carbonyl (C=O) groups is 1. The van der Waals surface area contributed by atoms with Crippen LogP contribution in [0.25, 0.3) is 0 Å². The van der Waals surface area contributed by atoms with Gasteiger partial charge in [0.15, 0.2) is 0 Å². The second-order valence-electron chi connectivity index (χ2n) is 4.37. The lowest BCUT2D eigenvalue weighted by Crippen LogP contribution is -2.44. The van der Waals surface area contributed by atoms with Gasteiger partial charge in [-0.05, 0) is 11.6 Å². The van der Waals surface area contributed by atoms with Crippen LogP contribution in [0.2, 0.25) is 5.02 Å². The monoisotopic (exact) mass is 268 g/mol. The number of hydrogen-bond donors (Lipinski definition) is 2. The van der Waals surface area contributed by atoms with Gasteiger partial charge in [-0.3, -0.25) is 4.79 Å². The van der Waals surface area contributed by atoms with Gasteiger partial charge in [-0.1, -0.05) is 29.8 Å². The Morgan fingerprint density at radius 2 is 2.28 bits per heavy atom. The summed E-state index contributed by atoms with van der Waals surface area (Å²) >= 11 is 6.02. The predicted molar refractivity (Wildman–Crippen MR) is 70.8 cm³/mol. The maximum absolute atomic E-state index is 11.9. The van der Waals surface area contributed by atoms with E-state index in [-0.39, 0.29) is 18.1 Å². The topological polar surface area (TPSA) is 50.4 Å². The number of methoxy groups -OCH3 is 1. The van der Waals surface area contributed by atoms with Crippen LogP contribution in [0.1, 0.15) is 5.56 Å². The number of rotatable bonds is 4. The number of amides is 1. The molecule has 18 heavy (non-hydrogen) atoms. The van der Waals surface area contributed by atoms with E-state index in [0.29, 0.717) is 11.4 Å². The first-order valence-electron chi connectivity index (χ1n) is 5.97. The summed E-state index contributed by atoms with van der Waals surface area (Å²) in [6.45, 7) is 1.51. The molecule has 0 radical (unpaired) electrons. The fourth-order valence-electron chi connectivity index (χ4n) is 2.12. The van der Waals surface area contributed by atoms with Crippen LogP contribution in [-0.4, -0.2) is 38.3 Å². The summed E-state index contributed by atoms with van der Waals surface area (Å²) in [4.78, 5) is 11.9. The van der Waals surface area contributed by atoms with Gasteiger partial charge in [-0.15, -0.1) is 0 Å². The average molecular weight is 269 g/mol. The lowest BCUT2D eigenvalue weighted by Gasteiger charge is -2.18. The van der Waals surface area contributed by atoms with Crippen LogP contribution in [0.4, 0.5) is 0 Å². The fraction of sp³-hybridized carbons (Fsp3) is 0.462. The molecule has 98 valence electrons. The van der Waals surface area contributed by atoms with Gasteiger partial charge in [-0.25, -0.2) is 0 Å². The van der Waals surface area contributed by atoms with E-state index in [1.807, 2.05) is 18.2 Å². The minimum atomic E-state index is -0.0288. The molecule has 1 aliphatic rings. The first-order valence-corrected chi connectivity index (χ1v) is 6.35. The van der Waals surface area contributed by atoms with Crippen molar-refractivity contribution >= 4 is 17.5 Å². The van der Waals surface area contributed by atoms with Crippen LogP contribution in [0.5, 0.6) is 0 Å². The molecule has 0 bridgehead atoms. The maximum atomic E-state index is 11.9. The van der Waals surface area contributed by atoms with Crippen molar-refractivity contribution in [3.63, 3.8) is 0 Å². The van der Waals surface area contributed by atoms with Gasteiger partial charge in [0.05, 0.1) is 18.6 Å². The number of halogens is 1. The Morgan fingerprint density at radius 1 is 1.50 bits per heavy atom. The number of hydrogen-bond acceptors (Lipinski definition) is 3. The van der Waals surface area contributed by atoms with Gasteiger partial charge >= 0.3 is 0 Å². The molecule has 4 nitrogen and oxygen atoms in total. The van der Waals surface area contributed by atoms with E-state index >= 15 is 0 Å². The zero-order chi connectivity index (χ0) is 13.0. The van der Waals surface area contributed by atoms with Crippen LogP contribution >= 0.6 is 11.6 Å². The molecule has 0 saturated carbocycles. The molecule has 1 amide bonds. The molecule has 1 aromatic rings. The summed E-state index contributed by atoms with van der Waals surface area (Å²) < 4.78 is 5.30. The highest BCUT2D eigenvalue weighted by atomic mass is 35.5. The van der Waals surface area contributed by atoms with E-state index < -0.39 is 0 Å². The summed E-state index contributed by atoms with van der Waals surface area (Å²) in [5.74, 6) is -0.0288. The summed E-state index contributed by atoms with van der Waals surface area (Å²) in [7, 11) is 1.66. The lowest BCUT2D eigenvalue weighted by atomic mass is 10.1. The van der Waals surface area contributed by atoms with Crippen molar-refractivity contribution in [2.75, 3.05) is 20.2 Å². The molecular weight excluding hydrogens is 252 g/mol. The lowest BCUT2D eigenvalue weighted by molar-refractivity contribution is -0.121. The Balaban J connectivity index is 1.91. The zero-order valence-corrected chi connectivity index (χ0v) is 11.0. The van der Waals surface area contributed by atoms with Crippen LogP contribution in [0, 0.1) is 0 Å². The number of carbonyl (C=O) groups excluding carboxylic acids is 1. The van der Waals surface area contributed by atoms with Crippen molar-refractivity contribution in [3.8, 4) is 0 Å². The normalized spacial score (nSPS) is 23.0. The number of ether oxygens (including phenoxy) is 1. The highest BCUT2D eigenvalue weighted by Crippen LogP contribution is 2.15.